The summed E-state index contributed by atoms with van der Waals surface area (Å²) in [5.41, 5.74) is 1.09. The number of ether oxygens (including phenoxy) is 1. The van der Waals surface area contributed by atoms with Gasteiger partial charge in [-0.25, -0.2) is 9.18 Å². The summed E-state index contributed by atoms with van der Waals surface area (Å²) in [6, 6.07) is 6.53. The van der Waals surface area contributed by atoms with Crippen LogP contribution in [0.3, 0.4) is 0 Å². The topological polar surface area (TPSA) is 49.8 Å². The third kappa shape index (κ3) is 4.61. The lowest BCUT2D eigenvalue weighted by molar-refractivity contribution is -0.145. The van der Waals surface area contributed by atoms with Gasteiger partial charge in [-0.1, -0.05) is 12.1 Å². The van der Waals surface area contributed by atoms with E-state index in [2.05, 4.69) is 4.90 Å². The summed E-state index contributed by atoms with van der Waals surface area (Å²) in [6.45, 7) is 2.33. The summed E-state index contributed by atoms with van der Waals surface area (Å²) >= 11 is 0. The molecule has 0 spiro atoms. The van der Waals surface area contributed by atoms with Crippen LogP contribution in [0, 0.1) is 5.82 Å². The molecule has 104 valence electrons. The van der Waals surface area contributed by atoms with Crippen molar-refractivity contribution < 1.29 is 19.0 Å². The van der Waals surface area contributed by atoms with E-state index in [1.807, 2.05) is 0 Å². The van der Waals surface area contributed by atoms with Crippen LogP contribution in [0.4, 0.5) is 4.39 Å². The SMILES string of the molecule is O=C(O)COC1CCN(Cc2ccc(F)cc2)CC1. The first-order chi connectivity index (χ1) is 9.13. The van der Waals surface area contributed by atoms with Gasteiger partial charge in [-0.2, -0.15) is 0 Å². The van der Waals surface area contributed by atoms with E-state index in [0.29, 0.717) is 0 Å². The monoisotopic (exact) mass is 267 g/mol. The molecule has 1 aromatic carbocycles. The first-order valence-electron chi connectivity index (χ1n) is 6.43. The van der Waals surface area contributed by atoms with Gasteiger partial charge in [-0.05, 0) is 30.5 Å². The number of likely N-dealkylation sites (tertiary alicyclic amines) is 1. The number of rotatable bonds is 5. The molecule has 0 aliphatic carbocycles. The van der Waals surface area contributed by atoms with Crippen molar-refractivity contribution in [3.8, 4) is 0 Å². The highest BCUT2D eigenvalue weighted by Crippen LogP contribution is 2.16. The molecule has 0 bridgehead atoms. The third-order valence-electron chi connectivity index (χ3n) is 3.30. The molecule has 0 amide bonds. The van der Waals surface area contributed by atoms with Gasteiger partial charge >= 0.3 is 5.97 Å². The van der Waals surface area contributed by atoms with Crippen LogP contribution >= 0.6 is 0 Å². The molecule has 4 nitrogen and oxygen atoms in total. The number of carbonyl (C=O) groups is 1. The lowest BCUT2D eigenvalue weighted by Crippen LogP contribution is -2.37. The number of halogens is 1. The Labute approximate surface area is 111 Å². The quantitative estimate of drug-likeness (QED) is 0.885. The van der Waals surface area contributed by atoms with Crippen molar-refractivity contribution in [2.45, 2.75) is 25.5 Å². The van der Waals surface area contributed by atoms with Gasteiger partial charge in [-0.15, -0.1) is 0 Å². The van der Waals surface area contributed by atoms with Crippen molar-refractivity contribution in [1.82, 2.24) is 4.90 Å². The second-order valence-electron chi connectivity index (χ2n) is 4.81. The molecule has 1 saturated heterocycles. The van der Waals surface area contributed by atoms with Gasteiger partial charge in [0.15, 0.2) is 0 Å². The molecule has 0 radical (unpaired) electrons. The number of aliphatic carboxylic acids is 1. The summed E-state index contributed by atoms with van der Waals surface area (Å²) in [5, 5.41) is 8.55. The molecule has 1 aliphatic heterocycles. The highest BCUT2D eigenvalue weighted by molar-refractivity contribution is 5.68. The first-order valence-corrected chi connectivity index (χ1v) is 6.43. The number of carboxylic acid groups (broad SMARTS) is 1. The molecule has 0 atom stereocenters. The normalized spacial score (nSPS) is 17.5. The zero-order valence-corrected chi connectivity index (χ0v) is 10.7. The van der Waals surface area contributed by atoms with E-state index in [-0.39, 0.29) is 18.5 Å². The van der Waals surface area contributed by atoms with Crippen LogP contribution in [0.5, 0.6) is 0 Å². The number of piperidine rings is 1. The van der Waals surface area contributed by atoms with E-state index in [9.17, 15) is 9.18 Å². The number of benzene rings is 1. The average molecular weight is 267 g/mol. The molecule has 1 N–H and O–H groups in total. The lowest BCUT2D eigenvalue weighted by atomic mass is 10.1. The van der Waals surface area contributed by atoms with Gasteiger partial charge < -0.3 is 9.84 Å². The van der Waals surface area contributed by atoms with Crippen LogP contribution in [0.25, 0.3) is 0 Å². The molecular formula is C14H18FNO3. The minimum absolute atomic E-state index is 0.0422. The molecule has 1 aromatic rings. The number of hydrogen-bond donors (Lipinski definition) is 1. The Bertz CT molecular complexity index is 413. The van der Waals surface area contributed by atoms with E-state index in [0.717, 1.165) is 38.0 Å². The Kier molecular flexibility index (Phi) is 4.87. The van der Waals surface area contributed by atoms with Crippen LogP contribution in [0.15, 0.2) is 24.3 Å². The van der Waals surface area contributed by atoms with Crippen LogP contribution < -0.4 is 0 Å². The molecule has 5 heteroatoms. The zero-order chi connectivity index (χ0) is 13.7. The molecular weight excluding hydrogens is 249 g/mol. The number of nitrogens with zero attached hydrogens (tertiary/aromatic N) is 1. The van der Waals surface area contributed by atoms with E-state index in [4.69, 9.17) is 9.84 Å². The summed E-state index contributed by atoms with van der Waals surface area (Å²) in [7, 11) is 0. The molecule has 2 rings (SSSR count). The fourth-order valence-corrected chi connectivity index (χ4v) is 2.27. The van der Waals surface area contributed by atoms with Gasteiger partial charge in [0.05, 0.1) is 6.10 Å². The van der Waals surface area contributed by atoms with Gasteiger partial charge in [0.1, 0.15) is 12.4 Å². The smallest absolute Gasteiger partial charge is 0.329 e. The highest BCUT2D eigenvalue weighted by Gasteiger charge is 2.20. The van der Waals surface area contributed by atoms with E-state index < -0.39 is 5.97 Å². The maximum absolute atomic E-state index is 12.8. The van der Waals surface area contributed by atoms with Crippen molar-refractivity contribution in [1.29, 1.82) is 0 Å². The average Bonchev–Trinajstić information content (AvgIpc) is 2.40. The number of hydrogen-bond acceptors (Lipinski definition) is 3. The highest BCUT2D eigenvalue weighted by atomic mass is 19.1. The molecule has 0 saturated carbocycles. The van der Waals surface area contributed by atoms with E-state index in [1.54, 1.807) is 12.1 Å². The zero-order valence-electron chi connectivity index (χ0n) is 10.7. The standard InChI is InChI=1S/C14H18FNO3/c15-12-3-1-11(2-4-12)9-16-7-5-13(6-8-16)19-10-14(17)18/h1-4,13H,5-10H2,(H,17,18). The van der Waals surface area contributed by atoms with Crippen molar-refractivity contribution in [3.63, 3.8) is 0 Å². The lowest BCUT2D eigenvalue weighted by Gasteiger charge is -2.31. The number of carboxylic acids is 1. The van der Waals surface area contributed by atoms with Crippen molar-refractivity contribution in [2.75, 3.05) is 19.7 Å². The minimum Gasteiger partial charge on any atom is -0.480 e. The second kappa shape index (κ2) is 6.63. The Morgan fingerprint density at radius 2 is 1.95 bits per heavy atom. The first kappa shape index (κ1) is 14.0. The molecule has 1 fully saturated rings. The van der Waals surface area contributed by atoms with Crippen LogP contribution in [0.1, 0.15) is 18.4 Å². The maximum atomic E-state index is 12.8. The van der Waals surface area contributed by atoms with Gasteiger partial charge in [-0.3, -0.25) is 4.90 Å². The van der Waals surface area contributed by atoms with Crippen LogP contribution in [-0.4, -0.2) is 41.8 Å². The second-order valence-corrected chi connectivity index (χ2v) is 4.81. The molecule has 19 heavy (non-hydrogen) atoms. The minimum atomic E-state index is -0.922. The maximum Gasteiger partial charge on any atom is 0.329 e. The van der Waals surface area contributed by atoms with E-state index in [1.165, 1.54) is 12.1 Å². The van der Waals surface area contributed by atoms with Crippen molar-refractivity contribution >= 4 is 5.97 Å². The van der Waals surface area contributed by atoms with Gasteiger partial charge in [0, 0.05) is 19.6 Å². The fourth-order valence-electron chi connectivity index (χ4n) is 2.27. The Balaban J connectivity index is 1.74. The molecule has 0 unspecified atom stereocenters. The summed E-state index contributed by atoms with van der Waals surface area (Å²) in [6.07, 6.45) is 1.73. The van der Waals surface area contributed by atoms with Gasteiger partial charge in [0.2, 0.25) is 0 Å². The summed E-state index contributed by atoms with van der Waals surface area (Å²) in [5.74, 6) is -1.14. The van der Waals surface area contributed by atoms with Gasteiger partial charge in [0.25, 0.3) is 0 Å². The third-order valence-corrected chi connectivity index (χ3v) is 3.30. The summed E-state index contributed by atoms with van der Waals surface area (Å²) in [4.78, 5) is 12.7. The van der Waals surface area contributed by atoms with Crippen molar-refractivity contribution in [3.05, 3.63) is 35.6 Å². The summed E-state index contributed by atoms with van der Waals surface area (Å²) < 4.78 is 18.1. The Hall–Kier alpha value is -1.46. The van der Waals surface area contributed by atoms with E-state index >= 15 is 0 Å². The van der Waals surface area contributed by atoms with Crippen molar-refractivity contribution in [2.24, 2.45) is 0 Å². The predicted octanol–water partition coefficient (Wildman–Crippen LogP) is 1.89. The Morgan fingerprint density at radius 1 is 1.32 bits per heavy atom. The largest absolute Gasteiger partial charge is 0.480 e. The molecule has 1 heterocycles. The molecule has 0 aromatic heterocycles. The van der Waals surface area contributed by atoms with Crippen LogP contribution in [0.2, 0.25) is 0 Å². The Morgan fingerprint density at radius 3 is 2.53 bits per heavy atom. The van der Waals surface area contributed by atoms with Crippen LogP contribution in [-0.2, 0) is 16.1 Å². The fraction of sp³-hybridized carbons (Fsp3) is 0.500. The molecule has 1 aliphatic rings. The predicted molar refractivity (Wildman–Crippen MR) is 68.3 cm³/mol.